The molecule has 0 fully saturated rings. The third kappa shape index (κ3) is 3.86. The molecule has 1 rings (SSSR count). The van der Waals surface area contributed by atoms with Gasteiger partial charge < -0.3 is 5.73 Å². The SMILES string of the molecule is C\C=C/C(/C=C/c1ccccc1)=C(\C)N. The van der Waals surface area contributed by atoms with E-state index in [1.54, 1.807) is 0 Å². The van der Waals surface area contributed by atoms with Gasteiger partial charge in [-0.05, 0) is 25.0 Å². The highest BCUT2D eigenvalue weighted by Gasteiger charge is 1.89. The molecule has 1 aromatic carbocycles. The molecule has 78 valence electrons. The zero-order chi connectivity index (χ0) is 11.1. The van der Waals surface area contributed by atoms with Crippen molar-refractivity contribution in [3.05, 3.63) is 65.4 Å². The average molecular weight is 199 g/mol. The van der Waals surface area contributed by atoms with Gasteiger partial charge in [-0.3, -0.25) is 0 Å². The fourth-order valence-corrected chi connectivity index (χ4v) is 1.25. The van der Waals surface area contributed by atoms with E-state index in [9.17, 15) is 0 Å². The predicted octanol–water partition coefficient (Wildman–Crippen LogP) is 3.51. The van der Waals surface area contributed by atoms with E-state index in [2.05, 4.69) is 18.2 Å². The van der Waals surface area contributed by atoms with Crippen LogP contribution < -0.4 is 5.73 Å². The maximum atomic E-state index is 5.76. The standard InChI is InChI=1S/C14H17N/c1-3-7-14(12(2)15)11-10-13-8-5-4-6-9-13/h3-11H,15H2,1-2H3/b7-3-,11-10+,14-12-. The molecule has 1 heteroatoms. The minimum absolute atomic E-state index is 0.834. The number of benzene rings is 1. The molecule has 1 nitrogen and oxygen atoms in total. The first-order valence-corrected chi connectivity index (χ1v) is 5.06. The lowest BCUT2D eigenvalue weighted by Gasteiger charge is -1.97. The molecular formula is C14H17N. The Kier molecular flexibility index (Phi) is 4.42. The van der Waals surface area contributed by atoms with Gasteiger partial charge in [0, 0.05) is 5.70 Å². The normalized spacial score (nSPS) is 13.5. The molecule has 0 saturated heterocycles. The van der Waals surface area contributed by atoms with Crippen molar-refractivity contribution in [2.45, 2.75) is 13.8 Å². The Hall–Kier alpha value is -1.76. The molecule has 0 atom stereocenters. The summed E-state index contributed by atoms with van der Waals surface area (Å²) >= 11 is 0. The largest absolute Gasteiger partial charge is 0.402 e. The molecule has 0 bridgehead atoms. The van der Waals surface area contributed by atoms with Crippen molar-refractivity contribution in [2.24, 2.45) is 5.73 Å². The second kappa shape index (κ2) is 5.86. The van der Waals surface area contributed by atoms with Crippen LogP contribution in [0.25, 0.3) is 6.08 Å². The van der Waals surface area contributed by atoms with Crippen molar-refractivity contribution < 1.29 is 0 Å². The first-order valence-electron chi connectivity index (χ1n) is 5.06. The van der Waals surface area contributed by atoms with Gasteiger partial charge in [-0.1, -0.05) is 54.6 Å². The summed E-state index contributed by atoms with van der Waals surface area (Å²) in [6.07, 6.45) is 8.09. The zero-order valence-corrected chi connectivity index (χ0v) is 9.27. The number of rotatable bonds is 3. The summed E-state index contributed by atoms with van der Waals surface area (Å²) in [4.78, 5) is 0. The fourth-order valence-electron chi connectivity index (χ4n) is 1.25. The molecule has 1 aromatic rings. The number of nitrogens with two attached hydrogens (primary N) is 1. The van der Waals surface area contributed by atoms with Crippen molar-refractivity contribution in [1.82, 2.24) is 0 Å². The van der Waals surface area contributed by atoms with Crippen molar-refractivity contribution in [3.8, 4) is 0 Å². The van der Waals surface area contributed by atoms with Crippen LogP contribution in [0, 0.1) is 0 Å². The zero-order valence-electron chi connectivity index (χ0n) is 9.27. The second-order valence-corrected chi connectivity index (χ2v) is 3.38. The Balaban J connectivity index is 2.85. The number of hydrogen-bond donors (Lipinski definition) is 1. The van der Waals surface area contributed by atoms with Gasteiger partial charge in [0.1, 0.15) is 0 Å². The molecule has 0 spiro atoms. The van der Waals surface area contributed by atoms with Crippen LogP contribution in [-0.2, 0) is 0 Å². The first kappa shape index (κ1) is 11.3. The van der Waals surface area contributed by atoms with Crippen molar-refractivity contribution >= 4 is 6.08 Å². The molecule has 0 aromatic heterocycles. The van der Waals surface area contributed by atoms with Crippen LogP contribution in [-0.4, -0.2) is 0 Å². The van der Waals surface area contributed by atoms with E-state index >= 15 is 0 Å². The van der Waals surface area contributed by atoms with Crippen LogP contribution in [0.5, 0.6) is 0 Å². The van der Waals surface area contributed by atoms with E-state index < -0.39 is 0 Å². The topological polar surface area (TPSA) is 26.0 Å². The van der Waals surface area contributed by atoms with Crippen LogP contribution in [0.3, 0.4) is 0 Å². The highest BCUT2D eigenvalue weighted by molar-refractivity contribution is 5.55. The smallest absolute Gasteiger partial charge is 0.0122 e. The summed E-state index contributed by atoms with van der Waals surface area (Å²) in [7, 11) is 0. The molecule has 0 aliphatic carbocycles. The Morgan fingerprint density at radius 1 is 1.13 bits per heavy atom. The highest BCUT2D eigenvalue weighted by atomic mass is 14.6. The lowest BCUT2D eigenvalue weighted by Crippen LogP contribution is -1.94. The predicted molar refractivity (Wildman–Crippen MR) is 67.2 cm³/mol. The molecular weight excluding hydrogens is 182 g/mol. The van der Waals surface area contributed by atoms with Gasteiger partial charge in [-0.2, -0.15) is 0 Å². The van der Waals surface area contributed by atoms with Gasteiger partial charge in [-0.15, -0.1) is 0 Å². The summed E-state index contributed by atoms with van der Waals surface area (Å²) in [6.45, 7) is 3.89. The lowest BCUT2D eigenvalue weighted by molar-refractivity contribution is 1.28. The van der Waals surface area contributed by atoms with E-state index in [1.807, 2.05) is 50.3 Å². The van der Waals surface area contributed by atoms with E-state index in [-0.39, 0.29) is 0 Å². The fraction of sp³-hybridized carbons (Fsp3) is 0.143. The van der Waals surface area contributed by atoms with Gasteiger partial charge >= 0.3 is 0 Å². The maximum Gasteiger partial charge on any atom is 0.0122 e. The Morgan fingerprint density at radius 2 is 1.80 bits per heavy atom. The summed E-state index contributed by atoms with van der Waals surface area (Å²) in [5, 5.41) is 0. The quantitative estimate of drug-likeness (QED) is 0.741. The summed E-state index contributed by atoms with van der Waals surface area (Å²) < 4.78 is 0. The van der Waals surface area contributed by atoms with Crippen LogP contribution in [0.1, 0.15) is 19.4 Å². The second-order valence-electron chi connectivity index (χ2n) is 3.38. The minimum atomic E-state index is 0.834. The average Bonchev–Trinajstić information content (AvgIpc) is 2.25. The summed E-state index contributed by atoms with van der Waals surface area (Å²) in [5.74, 6) is 0. The van der Waals surface area contributed by atoms with Gasteiger partial charge in [0.2, 0.25) is 0 Å². The number of hydrogen-bond acceptors (Lipinski definition) is 1. The first-order chi connectivity index (χ1) is 7.24. The Labute approximate surface area is 91.6 Å². The highest BCUT2D eigenvalue weighted by Crippen LogP contribution is 2.08. The monoisotopic (exact) mass is 199 g/mol. The third-order valence-corrected chi connectivity index (χ3v) is 2.06. The van der Waals surface area contributed by atoms with Gasteiger partial charge in [0.25, 0.3) is 0 Å². The van der Waals surface area contributed by atoms with E-state index in [0.717, 1.165) is 11.3 Å². The van der Waals surface area contributed by atoms with Crippen molar-refractivity contribution in [2.75, 3.05) is 0 Å². The van der Waals surface area contributed by atoms with Crippen LogP contribution >= 0.6 is 0 Å². The molecule has 0 aliphatic heterocycles. The van der Waals surface area contributed by atoms with Gasteiger partial charge in [-0.25, -0.2) is 0 Å². The third-order valence-electron chi connectivity index (χ3n) is 2.06. The maximum absolute atomic E-state index is 5.76. The van der Waals surface area contributed by atoms with Gasteiger partial charge in [0.05, 0.1) is 0 Å². The lowest BCUT2D eigenvalue weighted by atomic mass is 10.1. The molecule has 0 radical (unpaired) electrons. The van der Waals surface area contributed by atoms with Crippen LogP contribution in [0.2, 0.25) is 0 Å². The van der Waals surface area contributed by atoms with Crippen molar-refractivity contribution in [3.63, 3.8) is 0 Å². The Morgan fingerprint density at radius 3 is 2.33 bits per heavy atom. The molecule has 0 amide bonds. The molecule has 0 saturated carbocycles. The molecule has 0 aliphatic rings. The van der Waals surface area contributed by atoms with Gasteiger partial charge in [0.15, 0.2) is 0 Å². The molecule has 0 heterocycles. The van der Waals surface area contributed by atoms with E-state index in [0.29, 0.717) is 0 Å². The molecule has 2 N–H and O–H groups in total. The molecule has 15 heavy (non-hydrogen) atoms. The van der Waals surface area contributed by atoms with Crippen LogP contribution in [0.4, 0.5) is 0 Å². The van der Waals surface area contributed by atoms with E-state index in [1.165, 1.54) is 5.56 Å². The minimum Gasteiger partial charge on any atom is -0.402 e. The summed E-state index contributed by atoms with van der Waals surface area (Å²) in [5.41, 5.74) is 8.84. The Bertz CT molecular complexity index is 379. The van der Waals surface area contributed by atoms with E-state index in [4.69, 9.17) is 5.73 Å². The summed E-state index contributed by atoms with van der Waals surface area (Å²) in [6, 6.07) is 10.2. The van der Waals surface area contributed by atoms with Crippen molar-refractivity contribution in [1.29, 1.82) is 0 Å². The molecule has 0 unspecified atom stereocenters. The number of allylic oxidation sites excluding steroid dienone is 5. The van der Waals surface area contributed by atoms with Crippen LogP contribution in [0.15, 0.2) is 59.8 Å².